The van der Waals surface area contributed by atoms with E-state index in [1.807, 2.05) is 0 Å². The Hall–Kier alpha value is -0.550. The van der Waals surface area contributed by atoms with Crippen LogP contribution in [0, 0.1) is 5.92 Å². The molecule has 0 unspecified atom stereocenters. The molecule has 14 heavy (non-hydrogen) atoms. The van der Waals surface area contributed by atoms with Crippen LogP contribution in [0.15, 0.2) is 9.64 Å². The highest BCUT2D eigenvalue weighted by Gasteiger charge is 2.23. The zero-order valence-electron chi connectivity index (χ0n) is 8.99. The van der Waals surface area contributed by atoms with Crippen molar-refractivity contribution in [1.82, 2.24) is 10.2 Å². The summed E-state index contributed by atoms with van der Waals surface area (Å²) in [4.78, 5) is 0. The first-order valence-electron chi connectivity index (χ1n) is 4.98. The maximum Gasteiger partial charge on any atom is 0.276 e. The molecule has 4 nitrogen and oxygen atoms in total. The Morgan fingerprint density at radius 2 is 2.14 bits per heavy atom. The first-order chi connectivity index (χ1) is 6.69. The van der Waals surface area contributed by atoms with Crippen LogP contribution in [0.4, 0.5) is 0 Å². The van der Waals surface area contributed by atoms with E-state index in [-0.39, 0.29) is 6.04 Å². The minimum atomic E-state index is 0.110. The lowest BCUT2D eigenvalue weighted by atomic mass is 10.0. The first kappa shape index (κ1) is 11.5. The average Bonchev–Trinajstić information content (AvgIpc) is 2.64. The van der Waals surface area contributed by atoms with E-state index in [0.717, 1.165) is 12.2 Å². The lowest BCUT2D eigenvalue weighted by Crippen LogP contribution is -2.56. The molecular weight excluding hydrogens is 198 g/mol. The molecule has 0 fully saturated rings. The molecule has 0 bridgehead atoms. The molecule has 80 valence electrons. The van der Waals surface area contributed by atoms with Gasteiger partial charge in [-0.25, -0.2) is 0 Å². The summed E-state index contributed by atoms with van der Waals surface area (Å²) in [5, 5.41) is 8.61. The number of rotatable bonds is 5. The summed E-state index contributed by atoms with van der Waals surface area (Å²) in [6.45, 7) is 6.35. The van der Waals surface area contributed by atoms with Gasteiger partial charge in [0.2, 0.25) is 0 Å². The predicted octanol–water partition coefficient (Wildman–Crippen LogP) is 1.51. The normalized spacial score (nSPS) is 15.4. The molecule has 2 atom stereocenters. The van der Waals surface area contributed by atoms with Crippen molar-refractivity contribution in [1.29, 1.82) is 0 Å². The van der Waals surface area contributed by atoms with E-state index in [2.05, 4.69) is 36.7 Å². The number of quaternary nitrogens is 1. The third-order valence-electron chi connectivity index (χ3n) is 2.34. The highest BCUT2D eigenvalue weighted by atomic mass is 32.2. The Morgan fingerprint density at radius 3 is 2.71 bits per heavy atom. The largest absolute Gasteiger partial charge is 0.410 e. The minimum absolute atomic E-state index is 0.110. The fraction of sp³-hybridized carbons (Fsp3) is 0.778. The molecule has 0 amide bonds. The molecule has 1 aromatic rings. The summed E-state index contributed by atoms with van der Waals surface area (Å²) >= 11 is 1.56. The van der Waals surface area contributed by atoms with Crippen molar-refractivity contribution in [2.75, 3.05) is 5.75 Å². The molecule has 1 heterocycles. The molecule has 0 aliphatic heterocycles. The minimum Gasteiger partial charge on any atom is -0.410 e. The highest BCUT2D eigenvalue weighted by Crippen LogP contribution is 2.22. The van der Waals surface area contributed by atoms with Crippen molar-refractivity contribution in [3.05, 3.63) is 5.89 Å². The number of thioether (sulfide) groups is 1. The molecule has 0 spiro atoms. The van der Waals surface area contributed by atoms with Crippen LogP contribution in [0.25, 0.3) is 0 Å². The van der Waals surface area contributed by atoms with Crippen LogP contribution in [-0.4, -0.2) is 16.0 Å². The number of hydrogen-bond acceptors (Lipinski definition) is 4. The molecule has 3 N–H and O–H groups in total. The molecule has 0 saturated carbocycles. The van der Waals surface area contributed by atoms with Crippen molar-refractivity contribution >= 4 is 11.8 Å². The van der Waals surface area contributed by atoms with Gasteiger partial charge in [0.15, 0.2) is 6.04 Å². The molecule has 0 aromatic carbocycles. The molecule has 0 radical (unpaired) electrons. The lowest BCUT2D eigenvalue weighted by molar-refractivity contribution is -0.444. The maximum atomic E-state index is 5.49. The van der Waals surface area contributed by atoms with Crippen LogP contribution in [0.3, 0.4) is 0 Å². The van der Waals surface area contributed by atoms with E-state index in [1.165, 1.54) is 0 Å². The topological polar surface area (TPSA) is 66.6 Å². The first-order valence-corrected chi connectivity index (χ1v) is 5.96. The van der Waals surface area contributed by atoms with Crippen LogP contribution < -0.4 is 5.73 Å². The second-order valence-electron chi connectivity index (χ2n) is 3.33. The van der Waals surface area contributed by atoms with Crippen LogP contribution >= 0.6 is 11.8 Å². The number of aromatic nitrogens is 2. The quantitative estimate of drug-likeness (QED) is 0.758. The van der Waals surface area contributed by atoms with E-state index < -0.39 is 0 Å². The van der Waals surface area contributed by atoms with Gasteiger partial charge in [0.25, 0.3) is 11.1 Å². The molecular formula is C9H18N3OS+. The van der Waals surface area contributed by atoms with Gasteiger partial charge in [-0.1, -0.05) is 32.5 Å². The summed E-state index contributed by atoms with van der Waals surface area (Å²) in [6.07, 6.45) is 1.08. The van der Waals surface area contributed by atoms with E-state index in [1.54, 1.807) is 11.8 Å². The van der Waals surface area contributed by atoms with Gasteiger partial charge in [-0.2, -0.15) is 0 Å². The SMILES string of the molecule is CCSc1nnc([C@@H]([NH3+])[C@H](C)CC)o1. The average molecular weight is 216 g/mol. The molecule has 1 rings (SSSR count). The van der Waals surface area contributed by atoms with Crippen molar-refractivity contribution in [3.63, 3.8) is 0 Å². The van der Waals surface area contributed by atoms with Gasteiger partial charge >= 0.3 is 0 Å². The van der Waals surface area contributed by atoms with Crippen molar-refractivity contribution < 1.29 is 10.2 Å². The van der Waals surface area contributed by atoms with Crippen LogP contribution in [0.2, 0.25) is 0 Å². The van der Waals surface area contributed by atoms with Gasteiger partial charge < -0.3 is 10.2 Å². The number of hydrogen-bond donors (Lipinski definition) is 1. The second kappa shape index (κ2) is 5.36. The Morgan fingerprint density at radius 1 is 1.43 bits per heavy atom. The maximum absolute atomic E-state index is 5.49. The van der Waals surface area contributed by atoms with Crippen LogP contribution in [-0.2, 0) is 0 Å². The summed E-state index contributed by atoms with van der Waals surface area (Å²) < 4.78 is 5.49. The zero-order valence-corrected chi connectivity index (χ0v) is 9.80. The third-order valence-corrected chi connectivity index (χ3v) is 3.04. The van der Waals surface area contributed by atoms with Gasteiger partial charge in [-0.15, -0.1) is 10.2 Å². The Balaban J connectivity index is 2.65. The summed E-state index contributed by atoms with van der Waals surface area (Å²) in [6, 6.07) is 0.110. The van der Waals surface area contributed by atoms with E-state index >= 15 is 0 Å². The van der Waals surface area contributed by atoms with Crippen molar-refractivity contribution in [3.8, 4) is 0 Å². The second-order valence-corrected chi connectivity index (χ2v) is 4.55. The Labute approximate surface area is 88.7 Å². The van der Waals surface area contributed by atoms with Crippen LogP contribution in [0.1, 0.15) is 39.1 Å². The summed E-state index contributed by atoms with van der Waals surface area (Å²) in [7, 11) is 0. The zero-order chi connectivity index (χ0) is 10.6. The summed E-state index contributed by atoms with van der Waals surface area (Å²) in [5.74, 6) is 2.09. The van der Waals surface area contributed by atoms with Gasteiger partial charge in [0.05, 0.1) is 0 Å². The molecule has 0 saturated heterocycles. The van der Waals surface area contributed by atoms with Gasteiger partial charge in [-0.05, 0) is 12.2 Å². The molecule has 0 aliphatic carbocycles. The Kier molecular flexibility index (Phi) is 4.41. The molecule has 0 aliphatic rings. The third kappa shape index (κ3) is 2.72. The highest BCUT2D eigenvalue weighted by molar-refractivity contribution is 7.99. The molecule has 1 aromatic heterocycles. The fourth-order valence-electron chi connectivity index (χ4n) is 1.08. The van der Waals surface area contributed by atoms with Gasteiger partial charge in [-0.3, -0.25) is 0 Å². The monoisotopic (exact) mass is 216 g/mol. The lowest BCUT2D eigenvalue weighted by Gasteiger charge is -2.09. The van der Waals surface area contributed by atoms with Gasteiger partial charge in [0, 0.05) is 5.92 Å². The van der Waals surface area contributed by atoms with Crippen molar-refractivity contribution in [2.45, 2.75) is 38.5 Å². The number of nitrogens with zero attached hydrogens (tertiary/aromatic N) is 2. The van der Waals surface area contributed by atoms with Crippen molar-refractivity contribution in [2.24, 2.45) is 5.92 Å². The predicted molar refractivity (Wildman–Crippen MR) is 55.8 cm³/mol. The Bertz CT molecular complexity index is 277. The standard InChI is InChI=1S/C9H17N3OS/c1-4-6(3)7(10)8-11-12-9(13-8)14-5-2/h6-7H,4-5,10H2,1-3H3/p+1/t6-,7+/m1/s1. The van der Waals surface area contributed by atoms with E-state index in [9.17, 15) is 0 Å². The fourth-order valence-corrected chi connectivity index (χ4v) is 1.57. The van der Waals surface area contributed by atoms with E-state index in [4.69, 9.17) is 4.42 Å². The van der Waals surface area contributed by atoms with Gasteiger partial charge in [0.1, 0.15) is 0 Å². The smallest absolute Gasteiger partial charge is 0.276 e. The van der Waals surface area contributed by atoms with Crippen LogP contribution in [0.5, 0.6) is 0 Å². The molecule has 5 heteroatoms. The van der Waals surface area contributed by atoms with E-state index in [0.29, 0.717) is 17.0 Å². The summed E-state index contributed by atoms with van der Waals surface area (Å²) in [5.41, 5.74) is 4.05.